The number of para-hydroxylation sites is 1. The molecular formula is C14H16N2O4. The van der Waals surface area contributed by atoms with Crippen LogP contribution < -0.4 is 15.0 Å². The molecule has 1 heterocycles. The van der Waals surface area contributed by atoms with Crippen molar-refractivity contribution in [3.8, 4) is 5.75 Å². The fourth-order valence-electron chi connectivity index (χ4n) is 1.95. The average molecular weight is 276 g/mol. The number of hydrogen-bond donors (Lipinski definition) is 2. The summed E-state index contributed by atoms with van der Waals surface area (Å²) in [5.41, 5.74) is 1.36. The number of carbonyl (C=O) groups is 2. The number of urea groups is 1. The van der Waals surface area contributed by atoms with Crippen LogP contribution in [0, 0.1) is 0 Å². The lowest BCUT2D eigenvalue weighted by Gasteiger charge is -2.30. The van der Waals surface area contributed by atoms with E-state index >= 15 is 0 Å². The lowest BCUT2D eigenvalue weighted by Crippen LogP contribution is -2.45. The average Bonchev–Trinajstić information content (AvgIpc) is 2.43. The molecule has 20 heavy (non-hydrogen) atoms. The number of hydrogen-bond acceptors (Lipinski definition) is 3. The Balaban J connectivity index is 2.29. The van der Waals surface area contributed by atoms with Crippen LogP contribution in [0.2, 0.25) is 0 Å². The molecule has 0 unspecified atom stereocenters. The summed E-state index contributed by atoms with van der Waals surface area (Å²) in [5, 5.41) is 11.9. The van der Waals surface area contributed by atoms with E-state index in [1.54, 1.807) is 12.1 Å². The second-order valence-corrected chi connectivity index (χ2v) is 4.57. The van der Waals surface area contributed by atoms with Crippen molar-refractivity contribution in [3.05, 3.63) is 35.9 Å². The fraction of sp³-hybridized carbons (Fsp3) is 0.286. The third kappa shape index (κ3) is 2.74. The van der Waals surface area contributed by atoms with Crippen LogP contribution in [-0.2, 0) is 0 Å². The number of anilines is 1. The van der Waals surface area contributed by atoms with Gasteiger partial charge in [0, 0.05) is 6.54 Å². The van der Waals surface area contributed by atoms with E-state index in [2.05, 4.69) is 11.9 Å². The molecular weight excluding hydrogens is 260 g/mol. The van der Waals surface area contributed by atoms with E-state index in [0.29, 0.717) is 18.8 Å². The zero-order valence-corrected chi connectivity index (χ0v) is 11.2. The topological polar surface area (TPSA) is 78.9 Å². The molecule has 0 fully saturated rings. The maximum atomic E-state index is 12.1. The molecule has 1 aromatic carbocycles. The highest BCUT2D eigenvalue weighted by Gasteiger charge is 2.27. The van der Waals surface area contributed by atoms with Gasteiger partial charge in [-0.15, -0.1) is 0 Å². The summed E-state index contributed by atoms with van der Waals surface area (Å²) in [4.78, 5) is 24.8. The zero-order valence-electron chi connectivity index (χ0n) is 11.2. The van der Waals surface area contributed by atoms with Crippen molar-refractivity contribution in [2.45, 2.75) is 6.92 Å². The van der Waals surface area contributed by atoms with Crippen molar-refractivity contribution in [3.63, 3.8) is 0 Å². The van der Waals surface area contributed by atoms with Crippen LogP contribution in [0.4, 0.5) is 10.5 Å². The first-order chi connectivity index (χ1) is 9.50. The summed E-state index contributed by atoms with van der Waals surface area (Å²) in [6, 6.07) is 4.42. The predicted molar refractivity (Wildman–Crippen MR) is 74.5 cm³/mol. The smallest absolute Gasteiger partial charge is 0.339 e. The lowest BCUT2D eigenvalue weighted by atomic mass is 10.1. The van der Waals surface area contributed by atoms with Gasteiger partial charge < -0.3 is 15.2 Å². The van der Waals surface area contributed by atoms with Crippen molar-refractivity contribution < 1.29 is 19.4 Å². The Morgan fingerprint density at radius 1 is 1.50 bits per heavy atom. The van der Waals surface area contributed by atoms with Gasteiger partial charge >= 0.3 is 12.0 Å². The third-order valence-corrected chi connectivity index (χ3v) is 2.86. The molecule has 1 aliphatic heterocycles. The molecule has 0 atom stereocenters. The van der Waals surface area contributed by atoms with Crippen molar-refractivity contribution in [2.24, 2.45) is 0 Å². The number of nitrogens with one attached hydrogen (secondary N) is 1. The molecule has 0 aliphatic carbocycles. The predicted octanol–water partition coefficient (Wildman–Crippen LogP) is 1.87. The van der Waals surface area contributed by atoms with Gasteiger partial charge in [-0.05, 0) is 19.1 Å². The minimum absolute atomic E-state index is 0.0555. The number of amides is 2. The fourth-order valence-corrected chi connectivity index (χ4v) is 1.95. The molecule has 0 saturated heterocycles. The van der Waals surface area contributed by atoms with Crippen LogP contribution in [0.5, 0.6) is 5.75 Å². The number of nitrogens with zero attached hydrogens (tertiary/aromatic N) is 1. The summed E-state index contributed by atoms with van der Waals surface area (Å²) in [6.45, 7) is 6.55. The largest absolute Gasteiger partial charge is 0.489 e. The lowest BCUT2D eigenvalue weighted by molar-refractivity contribution is 0.0692. The van der Waals surface area contributed by atoms with Crippen LogP contribution >= 0.6 is 0 Å². The van der Waals surface area contributed by atoms with Crippen LogP contribution in [0.3, 0.4) is 0 Å². The number of carboxylic acids is 1. The standard InChI is InChI=1S/C14H16N2O4/c1-9(2)8-15-14(19)16-6-7-20-12-10(13(17)18)4-3-5-11(12)16/h3-5H,1,6-8H2,2H3,(H,15,19)(H,17,18). The summed E-state index contributed by atoms with van der Waals surface area (Å²) >= 11 is 0. The molecule has 1 aromatic rings. The molecule has 0 aromatic heterocycles. The molecule has 2 N–H and O–H groups in total. The Bertz CT molecular complexity index is 568. The van der Waals surface area contributed by atoms with Gasteiger partial charge in [-0.3, -0.25) is 4.90 Å². The van der Waals surface area contributed by atoms with E-state index in [-0.39, 0.29) is 24.0 Å². The normalized spacial score (nSPS) is 13.2. The van der Waals surface area contributed by atoms with Crippen molar-refractivity contribution in [2.75, 3.05) is 24.6 Å². The zero-order chi connectivity index (χ0) is 14.7. The Morgan fingerprint density at radius 3 is 2.90 bits per heavy atom. The summed E-state index contributed by atoms with van der Waals surface area (Å²) in [7, 11) is 0. The highest BCUT2D eigenvalue weighted by Crippen LogP contribution is 2.34. The molecule has 0 spiro atoms. The maximum absolute atomic E-state index is 12.1. The number of fused-ring (bicyclic) bond motifs is 1. The van der Waals surface area contributed by atoms with E-state index in [1.807, 2.05) is 6.92 Å². The highest BCUT2D eigenvalue weighted by atomic mass is 16.5. The number of benzene rings is 1. The number of ether oxygens (including phenoxy) is 1. The van der Waals surface area contributed by atoms with Crippen molar-refractivity contribution in [1.82, 2.24) is 5.32 Å². The molecule has 0 radical (unpaired) electrons. The third-order valence-electron chi connectivity index (χ3n) is 2.86. The minimum Gasteiger partial charge on any atom is -0.489 e. The second-order valence-electron chi connectivity index (χ2n) is 4.57. The summed E-state index contributed by atoms with van der Waals surface area (Å²) in [5.74, 6) is -0.845. The summed E-state index contributed by atoms with van der Waals surface area (Å²) < 4.78 is 5.40. The van der Waals surface area contributed by atoms with Gasteiger partial charge in [-0.2, -0.15) is 0 Å². The Kier molecular flexibility index (Phi) is 3.93. The van der Waals surface area contributed by atoms with Gasteiger partial charge in [-0.1, -0.05) is 18.2 Å². The van der Waals surface area contributed by atoms with Gasteiger partial charge in [0.2, 0.25) is 0 Å². The Hall–Kier alpha value is -2.50. The second kappa shape index (κ2) is 5.64. The first kappa shape index (κ1) is 13.9. The van der Waals surface area contributed by atoms with Gasteiger partial charge in [0.1, 0.15) is 12.2 Å². The molecule has 6 nitrogen and oxygen atoms in total. The van der Waals surface area contributed by atoms with E-state index in [4.69, 9.17) is 9.84 Å². The first-order valence-electron chi connectivity index (χ1n) is 6.19. The maximum Gasteiger partial charge on any atom is 0.339 e. The van der Waals surface area contributed by atoms with Crippen molar-refractivity contribution in [1.29, 1.82) is 0 Å². The van der Waals surface area contributed by atoms with Crippen LogP contribution in [0.15, 0.2) is 30.4 Å². The molecule has 6 heteroatoms. The SMILES string of the molecule is C=C(C)CNC(=O)N1CCOc2c(C(=O)O)cccc21. The molecule has 2 rings (SSSR count). The number of carbonyl (C=O) groups excluding carboxylic acids is 1. The van der Waals surface area contributed by atoms with Crippen molar-refractivity contribution >= 4 is 17.7 Å². The summed E-state index contributed by atoms with van der Waals surface area (Å²) in [6.07, 6.45) is 0. The van der Waals surface area contributed by atoms with E-state index in [1.165, 1.54) is 11.0 Å². The first-order valence-corrected chi connectivity index (χ1v) is 6.19. The Labute approximate surface area is 116 Å². The van der Waals surface area contributed by atoms with E-state index < -0.39 is 5.97 Å². The van der Waals surface area contributed by atoms with Gasteiger partial charge in [-0.25, -0.2) is 9.59 Å². The van der Waals surface area contributed by atoms with Crippen LogP contribution in [-0.4, -0.2) is 36.8 Å². The Morgan fingerprint density at radius 2 is 2.25 bits per heavy atom. The van der Waals surface area contributed by atoms with Gasteiger partial charge in [0.25, 0.3) is 0 Å². The van der Waals surface area contributed by atoms with E-state index in [0.717, 1.165) is 5.57 Å². The van der Waals surface area contributed by atoms with Crippen LogP contribution in [0.25, 0.3) is 0 Å². The molecule has 1 aliphatic rings. The molecule has 0 bridgehead atoms. The van der Waals surface area contributed by atoms with Gasteiger partial charge in [0.05, 0.1) is 12.2 Å². The van der Waals surface area contributed by atoms with Gasteiger partial charge in [0.15, 0.2) is 5.75 Å². The molecule has 0 saturated carbocycles. The number of rotatable bonds is 3. The monoisotopic (exact) mass is 276 g/mol. The number of carboxylic acid groups (broad SMARTS) is 1. The quantitative estimate of drug-likeness (QED) is 0.826. The minimum atomic E-state index is -1.08. The molecule has 2 amide bonds. The van der Waals surface area contributed by atoms with E-state index in [9.17, 15) is 9.59 Å². The highest BCUT2D eigenvalue weighted by molar-refractivity contribution is 5.99. The van der Waals surface area contributed by atoms with Crippen LogP contribution in [0.1, 0.15) is 17.3 Å². The number of aromatic carboxylic acids is 1. The molecule has 106 valence electrons.